The molecule has 1 aromatic rings. The molecule has 3 nitrogen and oxygen atoms in total. The quantitative estimate of drug-likeness (QED) is 0.915. The van der Waals surface area contributed by atoms with Crippen LogP contribution in [0.5, 0.6) is 5.75 Å². The van der Waals surface area contributed by atoms with Crippen LogP contribution in [0.3, 0.4) is 0 Å². The normalized spacial score (nSPS) is 18.8. The highest BCUT2D eigenvalue weighted by Crippen LogP contribution is 2.46. The predicted octanol–water partition coefficient (Wildman–Crippen LogP) is 3.76. The van der Waals surface area contributed by atoms with Gasteiger partial charge in [-0.05, 0) is 37.5 Å². The monoisotopic (exact) mass is 284 g/mol. The van der Waals surface area contributed by atoms with Gasteiger partial charge in [0.15, 0.2) is 11.6 Å². The van der Waals surface area contributed by atoms with E-state index >= 15 is 0 Å². The summed E-state index contributed by atoms with van der Waals surface area (Å²) in [5, 5.41) is 9.59. The van der Waals surface area contributed by atoms with Gasteiger partial charge in [0.2, 0.25) is 0 Å². The van der Waals surface area contributed by atoms with Gasteiger partial charge in [0, 0.05) is 5.56 Å². The van der Waals surface area contributed by atoms with Crippen LogP contribution in [-0.4, -0.2) is 18.2 Å². The lowest BCUT2D eigenvalue weighted by Crippen LogP contribution is -2.33. The van der Waals surface area contributed by atoms with E-state index < -0.39 is 23.4 Å². The number of aliphatic carboxylic acids is 1. The maximum Gasteiger partial charge on any atom is 0.314 e. The fourth-order valence-electron chi connectivity index (χ4n) is 2.98. The Morgan fingerprint density at radius 3 is 2.45 bits per heavy atom. The van der Waals surface area contributed by atoms with Crippen molar-refractivity contribution in [1.29, 1.82) is 0 Å². The first-order valence-corrected chi connectivity index (χ1v) is 6.68. The lowest BCUT2D eigenvalue weighted by atomic mass is 9.77. The summed E-state index contributed by atoms with van der Waals surface area (Å²) in [6.07, 6.45) is 0.991. The summed E-state index contributed by atoms with van der Waals surface area (Å²) in [4.78, 5) is 11.7. The Balaban J connectivity index is 2.67. The van der Waals surface area contributed by atoms with E-state index in [2.05, 4.69) is 0 Å². The molecule has 0 aromatic heterocycles. The van der Waals surface area contributed by atoms with Crippen molar-refractivity contribution in [2.24, 2.45) is 0 Å². The topological polar surface area (TPSA) is 46.5 Å². The zero-order valence-electron chi connectivity index (χ0n) is 11.6. The average molecular weight is 284 g/mol. The number of methoxy groups -OCH3 is 1. The van der Waals surface area contributed by atoms with Gasteiger partial charge in [-0.15, -0.1) is 0 Å². The Hall–Kier alpha value is -1.65. The minimum atomic E-state index is -1.36. The largest absolute Gasteiger partial charge is 0.493 e. The number of carboxylic acids is 1. The van der Waals surface area contributed by atoms with Gasteiger partial charge in [0.25, 0.3) is 0 Å². The van der Waals surface area contributed by atoms with E-state index in [0.717, 1.165) is 18.9 Å². The predicted molar refractivity (Wildman–Crippen MR) is 70.3 cm³/mol. The smallest absolute Gasteiger partial charge is 0.314 e. The molecule has 0 bridgehead atoms. The fraction of sp³-hybridized carbons (Fsp3) is 0.533. The summed E-state index contributed by atoms with van der Waals surface area (Å²) in [6.45, 7) is 1.30. The summed E-state index contributed by atoms with van der Waals surface area (Å²) in [5.41, 5.74) is -0.771. The Bertz CT molecular complexity index is 520. The van der Waals surface area contributed by atoms with Crippen molar-refractivity contribution >= 4 is 5.97 Å². The van der Waals surface area contributed by atoms with Crippen LogP contribution in [0.15, 0.2) is 12.1 Å². The Kier molecular flexibility index (Phi) is 3.97. The first-order chi connectivity index (χ1) is 9.42. The third-order valence-electron chi connectivity index (χ3n) is 4.11. The Morgan fingerprint density at radius 2 is 2.00 bits per heavy atom. The summed E-state index contributed by atoms with van der Waals surface area (Å²) in [6, 6.07) is 2.50. The average Bonchev–Trinajstić information content (AvgIpc) is 2.88. The molecule has 1 aliphatic rings. The highest BCUT2D eigenvalue weighted by atomic mass is 19.1. The van der Waals surface area contributed by atoms with Gasteiger partial charge in [-0.1, -0.05) is 12.8 Å². The first-order valence-electron chi connectivity index (χ1n) is 6.68. The minimum Gasteiger partial charge on any atom is -0.493 e. The molecule has 20 heavy (non-hydrogen) atoms. The van der Waals surface area contributed by atoms with Gasteiger partial charge in [-0.3, -0.25) is 4.79 Å². The maximum atomic E-state index is 14.1. The van der Waals surface area contributed by atoms with Crippen LogP contribution in [-0.2, 0) is 10.2 Å². The molecule has 1 atom stereocenters. The second kappa shape index (κ2) is 5.38. The van der Waals surface area contributed by atoms with Gasteiger partial charge in [-0.2, -0.15) is 0 Å². The number of hydrogen-bond acceptors (Lipinski definition) is 2. The van der Waals surface area contributed by atoms with Gasteiger partial charge in [-0.25, -0.2) is 8.78 Å². The zero-order valence-corrected chi connectivity index (χ0v) is 11.6. The van der Waals surface area contributed by atoms with E-state index in [-0.39, 0.29) is 16.9 Å². The molecule has 2 rings (SSSR count). The molecule has 0 saturated heterocycles. The van der Waals surface area contributed by atoms with Crippen molar-refractivity contribution in [2.45, 2.75) is 44.2 Å². The second-order valence-electron chi connectivity index (χ2n) is 5.29. The molecule has 1 aliphatic carbocycles. The van der Waals surface area contributed by atoms with Gasteiger partial charge < -0.3 is 9.84 Å². The lowest BCUT2D eigenvalue weighted by molar-refractivity contribution is -0.143. The molecule has 110 valence electrons. The van der Waals surface area contributed by atoms with E-state index in [1.165, 1.54) is 20.1 Å². The number of rotatable bonds is 4. The summed E-state index contributed by atoms with van der Waals surface area (Å²) in [7, 11) is 1.30. The number of carbonyl (C=O) groups is 1. The van der Waals surface area contributed by atoms with E-state index in [1.54, 1.807) is 0 Å². The van der Waals surface area contributed by atoms with Gasteiger partial charge in [0.1, 0.15) is 6.17 Å². The number of carboxylic acid groups (broad SMARTS) is 1. The molecule has 0 spiro atoms. The first kappa shape index (κ1) is 14.8. The fourth-order valence-corrected chi connectivity index (χ4v) is 2.98. The van der Waals surface area contributed by atoms with Crippen LogP contribution in [0.1, 0.15) is 49.9 Å². The van der Waals surface area contributed by atoms with Crippen molar-refractivity contribution < 1.29 is 23.4 Å². The van der Waals surface area contributed by atoms with E-state index in [1.807, 2.05) is 0 Å². The highest BCUT2D eigenvalue weighted by molar-refractivity contribution is 5.83. The van der Waals surface area contributed by atoms with Crippen molar-refractivity contribution in [3.05, 3.63) is 29.1 Å². The number of hydrogen-bond donors (Lipinski definition) is 1. The maximum absolute atomic E-state index is 14.1. The van der Waals surface area contributed by atoms with Gasteiger partial charge >= 0.3 is 5.97 Å². The standard InChI is InChI=1S/C15H18F2O3/c1-9(16)10-7-11(13(20-2)12(17)8-10)15(14(18)19)5-3-4-6-15/h7-9H,3-6H2,1-2H3,(H,18,19). The molecule has 0 radical (unpaired) electrons. The van der Waals surface area contributed by atoms with Crippen LogP contribution < -0.4 is 4.74 Å². The lowest BCUT2D eigenvalue weighted by Gasteiger charge is -2.27. The van der Waals surface area contributed by atoms with E-state index in [4.69, 9.17) is 4.74 Å². The molecule has 1 fully saturated rings. The molecular formula is C15H18F2O3. The highest BCUT2D eigenvalue weighted by Gasteiger charge is 2.45. The third-order valence-corrected chi connectivity index (χ3v) is 4.11. The van der Waals surface area contributed by atoms with Crippen LogP contribution in [0.4, 0.5) is 8.78 Å². The molecular weight excluding hydrogens is 266 g/mol. The molecule has 0 aliphatic heterocycles. The van der Waals surface area contributed by atoms with Crippen molar-refractivity contribution in [3.63, 3.8) is 0 Å². The molecule has 0 amide bonds. The molecule has 5 heteroatoms. The van der Waals surface area contributed by atoms with Crippen molar-refractivity contribution in [1.82, 2.24) is 0 Å². The Morgan fingerprint density at radius 1 is 1.40 bits per heavy atom. The number of ether oxygens (including phenoxy) is 1. The molecule has 0 heterocycles. The molecule has 1 aromatic carbocycles. The van der Waals surface area contributed by atoms with Crippen molar-refractivity contribution in [2.75, 3.05) is 7.11 Å². The van der Waals surface area contributed by atoms with Crippen LogP contribution in [0.2, 0.25) is 0 Å². The van der Waals surface area contributed by atoms with Crippen LogP contribution >= 0.6 is 0 Å². The molecule has 1 saturated carbocycles. The Labute approximate surface area is 116 Å². The van der Waals surface area contributed by atoms with Crippen LogP contribution in [0.25, 0.3) is 0 Å². The summed E-state index contributed by atoms with van der Waals surface area (Å²) < 4.78 is 32.6. The van der Waals surface area contributed by atoms with Gasteiger partial charge in [0.05, 0.1) is 12.5 Å². The second-order valence-corrected chi connectivity index (χ2v) is 5.29. The number of alkyl halides is 1. The molecule has 1 unspecified atom stereocenters. The minimum absolute atomic E-state index is 0.0845. The SMILES string of the molecule is COc1c(F)cc(C(C)F)cc1C1(C(=O)O)CCCC1. The summed E-state index contributed by atoms with van der Waals surface area (Å²) in [5.74, 6) is -1.80. The van der Waals surface area contributed by atoms with E-state index in [9.17, 15) is 18.7 Å². The summed E-state index contributed by atoms with van der Waals surface area (Å²) >= 11 is 0. The van der Waals surface area contributed by atoms with Crippen molar-refractivity contribution in [3.8, 4) is 5.75 Å². The van der Waals surface area contributed by atoms with E-state index in [0.29, 0.717) is 12.8 Å². The third kappa shape index (κ3) is 2.25. The molecule has 1 N–H and O–H groups in total. The number of halogens is 2. The zero-order chi connectivity index (χ0) is 14.9. The van der Waals surface area contributed by atoms with Crippen LogP contribution in [0, 0.1) is 5.82 Å². The number of benzene rings is 1.